The van der Waals surface area contributed by atoms with E-state index < -0.39 is 0 Å². The fourth-order valence-electron chi connectivity index (χ4n) is 3.14. The summed E-state index contributed by atoms with van der Waals surface area (Å²) in [6, 6.07) is 16.6. The van der Waals surface area contributed by atoms with Gasteiger partial charge in [-0.1, -0.05) is 65.8 Å². The third-order valence-electron chi connectivity index (χ3n) is 4.61. The summed E-state index contributed by atoms with van der Waals surface area (Å²) in [7, 11) is 0. The van der Waals surface area contributed by atoms with Crippen molar-refractivity contribution in [2.75, 3.05) is 6.26 Å². The van der Waals surface area contributed by atoms with Crippen LogP contribution in [0.5, 0.6) is 0 Å². The molecule has 2 heterocycles. The third kappa shape index (κ3) is 4.76. The monoisotopic (exact) mass is 451 g/mol. The number of halogens is 1. The van der Waals surface area contributed by atoms with E-state index in [4.69, 9.17) is 11.6 Å². The Kier molecular flexibility index (Phi) is 6.29. The molecule has 0 atom stereocenters. The maximum atomic E-state index is 13.4. The fourth-order valence-corrected chi connectivity index (χ4v) is 3.66. The first-order valence-electron chi connectivity index (χ1n) is 9.43. The first kappa shape index (κ1) is 21.0. The molecule has 0 aliphatic rings. The van der Waals surface area contributed by atoms with E-state index >= 15 is 0 Å². The summed E-state index contributed by atoms with van der Waals surface area (Å²) >= 11 is 7.57. The van der Waals surface area contributed by atoms with Gasteiger partial charge in [0.15, 0.2) is 10.9 Å². The van der Waals surface area contributed by atoms with E-state index in [9.17, 15) is 9.59 Å². The summed E-state index contributed by atoms with van der Waals surface area (Å²) in [5.41, 5.74) is 1.35. The number of nitrogens with zero attached hydrogens (tertiary/aromatic N) is 4. The number of nitrogens with one attached hydrogen (secondary N) is 1. The lowest BCUT2D eigenvalue weighted by Crippen LogP contribution is -2.32. The topological polar surface area (TPSA) is 91.8 Å². The Morgan fingerprint density at radius 1 is 1.06 bits per heavy atom. The Morgan fingerprint density at radius 3 is 2.58 bits per heavy atom. The van der Waals surface area contributed by atoms with Gasteiger partial charge in [-0.15, -0.1) is 0 Å². The Hall–Kier alpha value is -3.23. The van der Waals surface area contributed by atoms with Crippen LogP contribution in [-0.4, -0.2) is 37.0 Å². The van der Waals surface area contributed by atoms with Gasteiger partial charge >= 0.3 is 0 Å². The molecule has 7 nitrogen and oxygen atoms in total. The molecule has 0 aliphatic heterocycles. The number of H-pyrrole nitrogens is 1. The Balaban J connectivity index is 1.73. The number of hydrogen-bond acceptors (Lipinski definition) is 6. The molecular formula is C22H18ClN5O2S. The largest absolute Gasteiger partial charge is 0.325 e. The summed E-state index contributed by atoms with van der Waals surface area (Å²) in [6.45, 7) is 0.383. The Bertz CT molecular complexity index is 1300. The number of fused-ring (bicyclic) bond motifs is 1. The number of aromatic nitrogens is 4. The van der Waals surface area contributed by atoms with E-state index in [1.165, 1.54) is 18.0 Å². The van der Waals surface area contributed by atoms with E-state index in [-0.39, 0.29) is 28.7 Å². The van der Waals surface area contributed by atoms with E-state index in [2.05, 4.69) is 19.9 Å². The minimum absolute atomic E-state index is 0.0860. The van der Waals surface area contributed by atoms with Crippen molar-refractivity contribution in [2.45, 2.75) is 18.2 Å². The SMILES string of the molecule is CSc1ncc(Cl)c(C(=O)N(Cc2ccccc2)Cc2nc3ccccc3c(=O)[nH]2)n1. The van der Waals surface area contributed by atoms with Gasteiger partial charge in [0.2, 0.25) is 0 Å². The van der Waals surface area contributed by atoms with Crippen LogP contribution in [0, 0.1) is 0 Å². The van der Waals surface area contributed by atoms with Crippen molar-refractivity contribution in [3.63, 3.8) is 0 Å². The van der Waals surface area contributed by atoms with Gasteiger partial charge in [0.05, 0.1) is 28.7 Å². The molecule has 0 saturated carbocycles. The van der Waals surface area contributed by atoms with E-state index in [0.29, 0.717) is 28.4 Å². The number of carbonyl (C=O) groups is 1. The van der Waals surface area contributed by atoms with Crippen LogP contribution in [0.3, 0.4) is 0 Å². The van der Waals surface area contributed by atoms with Gasteiger partial charge in [-0.3, -0.25) is 9.59 Å². The standard InChI is InChI=1S/C22H18ClN5O2S/c1-31-22-24-11-16(23)19(27-22)21(30)28(12-14-7-3-2-4-8-14)13-18-25-17-10-6-5-9-15(17)20(29)26-18/h2-11H,12-13H2,1H3,(H,25,26,29). The molecule has 4 rings (SSSR count). The minimum Gasteiger partial charge on any atom is -0.325 e. The molecule has 0 fully saturated rings. The van der Waals surface area contributed by atoms with Gasteiger partial charge in [0, 0.05) is 6.54 Å². The molecule has 2 aromatic heterocycles. The lowest BCUT2D eigenvalue weighted by molar-refractivity contribution is 0.0718. The average molecular weight is 452 g/mol. The number of rotatable bonds is 6. The predicted octanol–water partition coefficient (Wildman–Crippen LogP) is 3.93. The number of carbonyl (C=O) groups excluding carboxylic acids is 1. The molecular weight excluding hydrogens is 434 g/mol. The zero-order valence-electron chi connectivity index (χ0n) is 16.6. The number of benzene rings is 2. The van der Waals surface area contributed by atoms with Crippen molar-refractivity contribution in [1.82, 2.24) is 24.8 Å². The first-order valence-corrected chi connectivity index (χ1v) is 11.0. The second kappa shape index (κ2) is 9.28. The van der Waals surface area contributed by atoms with Gasteiger partial charge in [-0.2, -0.15) is 0 Å². The second-order valence-corrected chi connectivity index (χ2v) is 7.91. The first-order chi connectivity index (χ1) is 15.0. The molecule has 2 aromatic carbocycles. The third-order valence-corrected chi connectivity index (χ3v) is 5.45. The molecule has 0 radical (unpaired) electrons. The van der Waals surface area contributed by atoms with Crippen LogP contribution in [0.1, 0.15) is 21.9 Å². The Labute approximate surface area is 187 Å². The number of amides is 1. The fraction of sp³-hybridized carbons (Fsp3) is 0.136. The number of thioether (sulfide) groups is 1. The van der Waals surface area contributed by atoms with Crippen LogP contribution in [-0.2, 0) is 13.1 Å². The zero-order valence-corrected chi connectivity index (χ0v) is 18.2. The van der Waals surface area contributed by atoms with Crippen molar-refractivity contribution in [1.29, 1.82) is 0 Å². The highest BCUT2D eigenvalue weighted by Gasteiger charge is 2.23. The van der Waals surface area contributed by atoms with Gasteiger partial charge in [0.1, 0.15) is 5.82 Å². The van der Waals surface area contributed by atoms with Crippen molar-refractivity contribution in [3.8, 4) is 0 Å². The molecule has 0 spiro atoms. The maximum Gasteiger partial charge on any atom is 0.274 e. The lowest BCUT2D eigenvalue weighted by Gasteiger charge is -2.22. The van der Waals surface area contributed by atoms with Crippen LogP contribution < -0.4 is 5.56 Å². The molecule has 1 amide bonds. The molecule has 0 aliphatic carbocycles. The van der Waals surface area contributed by atoms with Crippen LogP contribution in [0.2, 0.25) is 5.02 Å². The molecule has 0 bridgehead atoms. The molecule has 31 heavy (non-hydrogen) atoms. The number of aromatic amines is 1. The molecule has 1 N–H and O–H groups in total. The summed E-state index contributed by atoms with van der Waals surface area (Å²) in [5.74, 6) is 0.00519. The highest BCUT2D eigenvalue weighted by Crippen LogP contribution is 2.20. The summed E-state index contributed by atoms with van der Waals surface area (Å²) in [4.78, 5) is 43.2. The van der Waals surface area contributed by atoms with E-state index in [1.54, 1.807) is 23.1 Å². The highest BCUT2D eigenvalue weighted by molar-refractivity contribution is 7.98. The lowest BCUT2D eigenvalue weighted by atomic mass is 10.2. The van der Waals surface area contributed by atoms with Crippen LogP contribution in [0.15, 0.2) is 70.7 Å². The number of para-hydroxylation sites is 1. The summed E-state index contributed by atoms with van der Waals surface area (Å²) in [6.07, 6.45) is 3.24. The molecule has 0 saturated heterocycles. The quantitative estimate of drug-likeness (QED) is 0.352. The zero-order chi connectivity index (χ0) is 21.8. The summed E-state index contributed by atoms with van der Waals surface area (Å²) < 4.78 is 0. The van der Waals surface area contributed by atoms with Crippen molar-refractivity contribution >= 4 is 40.2 Å². The maximum absolute atomic E-state index is 13.4. The highest BCUT2D eigenvalue weighted by atomic mass is 35.5. The molecule has 0 unspecified atom stereocenters. The molecule has 9 heteroatoms. The van der Waals surface area contributed by atoms with Crippen LogP contribution >= 0.6 is 23.4 Å². The number of hydrogen-bond donors (Lipinski definition) is 1. The van der Waals surface area contributed by atoms with Crippen LogP contribution in [0.25, 0.3) is 10.9 Å². The van der Waals surface area contributed by atoms with E-state index in [1.807, 2.05) is 42.7 Å². The predicted molar refractivity (Wildman–Crippen MR) is 121 cm³/mol. The molecule has 156 valence electrons. The van der Waals surface area contributed by atoms with Crippen molar-refractivity contribution < 1.29 is 4.79 Å². The van der Waals surface area contributed by atoms with Gasteiger partial charge in [0.25, 0.3) is 11.5 Å². The second-order valence-electron chi connectivity index (χ2n) is 6.73. The van der Waals surface area contributed by atoms with Crippen LogP contribution in [0.4, 0.5) is 0 Å². The van der Waals surface area contributed by atoms with E-state index in [0.717, 1.165) is 5.56 Å². The molecule has 4 aromatic rings. The Morgan fingerprint density at radius 2 is 1.81 bits per heavy atom. The van der Waals surface area contributed by atoms with Crippen molar-refractivity contribution in [3.05, 3.63) is 93.3 Å². The minimum atomic E-state index is -0.373. The summed E-state index contributed by atoms with van der Waals surface area (Å²) in [5, 5.41) is 1.11. The smallest absolute Gasteiger partial charge is 0.274 e. The van der Waals surface area contributed by atoms with Gasteiger partial charge in [-0.25, -0.2) is 15.0 Å². The van der Waals surface area contributed by atoms with Crippen molar-refractivity contribution in [2.24, 2.45) is 0 Å². The normalized spacial score (nSPS) is 10.9. The van der Waals surface area contributed by atoms with Gasteiger partial charge in [-0.05, 0) is 24.0 Å². The van der Waals surface area contributed by atoms with Gasteiger partial charge < -0.3 is 9.88 Å². The average Bonchev–Trinajstić information content (AvgIpc) is 2.79.